The Hall–Kier alpha value is -2.98. The molecule has 1 saturated heterocycles. The molecule has 0 amide bonds. The summed E-state index contributed by atoms with van der Waals surface area (Å²) in [7, 11) is -2.04. The van der Waals surface area contributed by atoms with Crippen molar-refractivity contribution in [1.82, 2.24) is 23.8 Å². The fourth-order valence-corrected chi connectivity index (χ4v) is 6.06. The highest BCUT2D eigenvalue weighted by Gasteiger charge is 2.51. The summed E-state index contributed by atoms with van der Waals surface area (Å²) in [6.07, 6.45) is 4.67. The van der Waals surface area contributed by atoms with E-state index in [2.05, 4.69) is 15.0 Å². The number of rotatable bonds is 5. The Labute approximate surface area is 180 Å². The number of hydrogen-bond donors (Lipinski definition) is 0. The molecule has 0 saturated carbocycles. The Morgan fingerprint density at radius 1 is 1.23 bits per heavy atom. The Bertz CT molecular complexity index is 1210. The maximum Gasteiger partial charge on any atom is 0.262 e. The van der Waals surface area contributed by atoms with Gasteiger partial charge < -0.3 is 14.0 Å². The third-order valence-electron chi connectivity index (χ3n) is 5.85. The first kappa shape index (κ1) is 20.0. The van der Waals surface area contributed by atoms with Crippen LogP contribution in [0, 0.1) is 18.8 Å². The molecule has 0 radical (unpaired) electrons. The fraction of sp³-hybridized carbons (Fsp3) is 0.381. The molecule has 3 atom stereocenters. The highest BCUT2D eigenvalue weighted by molar-refractivity contribution is 7.89. The van der Waals surface area contributed by atoms with Crippen LogP contribution in [-0.4, -0.2) is 52.0 Å². The zero-order chi connectivity index (χ0) is 21.6. The van der Waals surface area contributed by atoms with Crippen molar-refractivity contribution in [3.05, 3.63) is 60.4 Å². The van der Waals surface area contributed by atoms with Gasteiger partial charge in [-0.25, -0.2) is 18.4 Å². The number of nitrogens with zero attached hydrogens (tertiary/aromatic N) is 5. The molecule has 0 bridgehead atoms. The van der Waals surface area contributed by atoms with Gasteiger partial charge in [-0.2, -0.15) is 9.29 Å². The van der Waals surface area contributed by atoms with E-state index in [1.54, 1.807) is 35.1 Å². The zero-order valence-electron chi connectivity index (χ0n) is 17.2. The smallest absolute Gasteiger partial charge is 0.262 e. The van der Waals surface area contributed by atoms with Crippen molar-refractivity contribution in [2.24, 2.45) is 18.9 Å². The first-order chi connectivity index (χ1) is 14.9. The molecular formula is C21H23N5O4S. The van der Waals surface area contributed by atoms with Crippen LogP contribution in [-0.2, 0) is 17.1 Å². The van der Waals surface area contributed by atoms with Gasteiger partial charge in [0, 0.05) is 49.5 Å². The van der Waals surface area contributed by atoms with Gasteiger partial charge in [0.05, 0.1) is 25.6 Å². The van der Waals surface area contributed by atoms with Gasteiger partial charge in [-0.1, -0.05) is 18.2 Å². The van der Waals surface area contributed by atoms with E-state index in [0.717, 1.165) is 11.3 Å². The average Bonchev–Trinajstić information content (AvgIpc) is 3.37. The molecule has 2 aliphatic heterocycles. The van der Waals surface area contributed by atoms with Crippen LogP contribution in [0.5, 0.6) is 11.6 Å². The minimum Gasteiger partial charge on any atom is -0.493 e. The van der Waals surface area contributed by atoms with E-state index >= 15 is 0 Å². The van der Waals surface area contributed by atoms with Crippen molar-refractivity contribution in [2.75, 3.05) is 19.8 Å². The number of aromatic nitrogens is 4. The largest absolute Gasteiger partial charge is 0.493 e. The van der Waals surface area contributed by atoms with Gasteiger partial charge in [-0.15, -0.1) is 0 Å². The lowest BCUT2D eigenvalue weighted by Gasteiger charge is -2.33. The number of para-hydroxylation sites is 1. The minimum absolute atomic E-state index is 0.0451. The average molecular weight is 442 g/mol. The maximum atomic E-state index is 13.5. The molecule has 4 heterocycles. The van der Waals surface area contributed by atoms with Crippen LogP contribution in [0.15, 0.2) is 54.1 Å². The van der Waals surface area contributed by atoms with E-state index in [0.29, 0.717) is 31.5 Å². The van der Waals surface area contributed by atoms with Crippen LogP contribution < -0.4 is 9.47 Å². The summed E-state index contributed by atoms with van der Waals surface area (Å²) in [5, 5.41) is 0.0470. The number of imidazole rings is 1. The fourth-order valence-electron chi connectivity index (χ4n) is 4.38. The summed E-state index contributed by atoms with van der Waals surface area (Å²) in [5.41, 5.74) is 0.874. The summed E-state index contributed by atoms with van der Waals surface area (Å²) < 4.78 is 42.2. The number of fused-ring (bicyclic) bond motifs is 3. The molecule has 1 fully saturated rings. The second-order valence-electron chi connectivity index (χ2n) is 7.92. The van der Waals surface area contributed by atoms with Gasteiger partial charge in [-0.3, -0.25) is 0 Å². The van der Waals surface area contributed by atoms with Crippen LogP contribution in [0.25, 0.3) is 0 Å². The molecule has 0 spiro atoms. The molecule has 1 aromatic carbocycles. The van der Waals surface area contributed by atoms with E-state index in [1.807, 2.05) is 24.3 Å². The number of sulfonamides is 1. The molecule has 2 aliphatic rings. The van der Waals surface area contributed by atoms with Crippen molar-refractivity contribution in [1.29, 1.82) is 0 Å². The summed E-state index contributed by atoms with van der Waals surface area (Å²) in [6, 6.07) is 8.98. The van der Waals surface area contributed by atoms with E-state index in [1.165, 1.54) is 12.5 Å². The molecule has 5 rings (SSSR count). The summed E-state index contributed by atoms with van der Waals surface area (Å²) >= 11 is 0. The lowest BCUT2D eigenvalue weighted by atomic mass is 9.86. The Balaban J connectivity index is 1.49. The van der Waals surface area contributed by atoms with Gasteiger partial charge >= 0.3 is 0 Å². The van der Waals surface area contributed by atoms with Crippen LogP contribution >= 0.6 is 0 Å². The molecule has 0 aliphatic carbocycles. The third kappa shape index (κ3) is 3.55. The standard InChI is InChI=1S/C21H23N5O4S/c1-14-22-8-7-19(24-14)30-11-15-9-26(31(27,28)20-10-25(2)13-23-20)21-16-5-3-4-6-18(16)29-12-17(15)21/h3-8,10,13,15,17,21H,9,11-12H2,1-2H3/t15-,17-,21-/m0/s1. The zero-order valence-corrected chi connectivity index (χ0v) is 18.1. The van der Waals surface area contributed by atoms with Crippen LogP contribution in [0.4, 0.5) is 0 Å². The van der Waals surface area contributed by atoms with Crippen molar-refractivity contribution >= 4 is 10.0 Å². The predicted molar refractivity (Wildman–Crippen MR) is 111 cm³/mol. The van der Waals surface area contributed by atoms with Crippen molar-refractivity contribution in [3.8, 4) is 11.6 Å². The van der Waals surface area contributed by atoms with Crippen molar-refractivity contribution in [3.63, 3.8) is 0 Å². The lowest BCUT2D eigenvalue weighted by molar-refractivity contribution is 0.134. The molecule has 0 N–H and O–H groups in total. The van der Waals surface area contributed by atoms with Crippen molar-refractivity contribution in [2.45, 2.75) is 18.0 Å². The van der Waals surface area contributed by atoms with E-state index < -0.39 is 10.0 Å². The highest BCUT2D eigenvalue weighted by Crippen LogP contribution is 2.49. The first-order valence-electron chi connectivity index (χ1n) is 10.1. The summed E-state index contributed by atoms with van der Waals surface area (Å²) in [5.74, 6) is 1.71. The number of aryl methyl sites for hydroxylation is 2. The van der Waals surface area contributed by atoms with Crippen LogP contribution in [0.3, 0.4) is 0 Å². The van der Waals surface area contributed by atoms with Gasteiger partial charge in [0.1, 0.15) is 11.6 Å². The lowest BCUT2D eigenvalue weighted by Crippen LogP contribution is -2.35. The second-order valence-corrected chi connectivity index (χ2v) is 9.76. The minimum atomic E-state index is -3.79. The molecule has 9 nitrogen and oxygen atoms in total. The molecule has 3 aromatic rings. The summed E-state index contributed by atoms with van der Waals surface area (Å²) in [4.78, 5) is 12.5. The topological polar surface area (TPSA) is 99.4 Å². The van der Waals surface area contributed by atoms with E-state index in [9.17, 15) is 8.42 Å². The molecule has 162 valence electrons. The SMILES string of the molecule is Cc1nccc(OC[C@@H]2CN(S(=O)(=O)c3cn(C)cn3)[C@H]3c4ccccc4OC[C@@H]23)n1. The van der Waals surface area contributed by atoms with E-state index in [-0.39, 0.29) is 22.9 Å². The quantitative estimate of drug-likeness (QED) is 0.597. The first-order valence-corrected chi connectivity index (χ1v) is 11.5. The molecular weight excluding hydrogens is 418 g/mol. The Morgan fingerprint density at radius 3 is 2.84 bits per heavy atom. The number of ether oxygens (including phenoxy) is 2. The Morgan fingerprint density at radius 2 is 2.06 bits per heavy atom. The van der Waals surface area contributed by atoms with Crippen LogP contribution in [0.2, 0.25) is 0 Å². The molecule has 2 aromatic heterocycles. The molecule has 0 unspecified atom stereocenters. The Kier molecular flexibility index (Phi) is 4.90. The van der Waals surface area contributed by atoms with E-state index in [4.69, 9.17) is 9.47 Å². The molecule has 10 heteroatoms. The second kappa shape index (κ2) is 7.61. The maximum absolute atomic E-state index is 13.5. The van der Waals surface area contributed by atoms with Gasteiger partial charge in [0.2, 0.25) is 5.88 Å². The van der Waals surface area contributed by atoms with Gasteiger partial charge in [-0.05, 0) is 13.0 Å². The predicted octanol–water partition coefficient (Wildman–Crippen LogP) is 1.97. The highest BCUT2D eigenvalue weighted by atomic mass is 32.2. The van der Waals surface area contributed by atoms with Crippen molar-refractivity contribution < 1.29 is 17.9 Å². The number of hydrogen-bond acceptors (Lipinski definition) is 7. The third-order valence-corrected chi connectivity index (χ3v) is 7.59. The summed E-state index contributed by atoms with van der Waals surface area (Å²) in [6.45, 7) is 2.87. The van der Waals surface area contributed by atoms with Gasteiger partial charge in [0.25, 0.3) is 10.0 Å². The monoisotopic (exact) mass is 441 g/mol. The van der Waals surface area contributed by atoms with Crippen LogP contribution in [0.1, 0.15) is 17.4 Å². The normalized spacial score (nSPS) is 23.1. The van der Waals surface area contributed by atoms with Gasteiger partial charge in [0.15, 0.2) is 5.03 Å². The number of benzene rings is 1. The molecule has 31 heavy (non-hydrogen) atoms.